The highest BCUT2D eigenvalue weighted by Gasteiger charge is 2.19. The fourth-order valence-corrected chi connectivity index (χ4v) is 3.72. The van der Waals surface area contributed by atoms with E-state index in [9.17, 15) is 4.79 Å². The number of thiophene rings is 1. The predicted molar refractivity (Wildman–Crippen MR) is 82.3 cm³/mol. The molecule has 2 rings (SSSR count). The lowest BCUT2D eigenvalue weighted by Gasteiger charge is -2.04. The Bertz CT molecular complexity index is 606. The molecule has 0 unspecified atom stereocenters. The highest BCUT2D eigenvalue weighted by molar-refractivity contribution is 9.10. The van der Waals surface area contributed by atoms with Gasteiger partial charge in [-0.05, 0) is 40.7 Å². The van der Waals surface area contributed by atoms with Crippen LogP contribution in [0.25, 0.3) is 0 Å². The predicted octanol–water partition coefficient (Wildman–Crippen LogP) is 4.37. The highest BCUT2D eigenvalue weighted by atomic mass is 79.9. The molecule has 0 bridgehead atoms. The molecular weight excluding hydrogens is 348 g/mol. The van der Waals surface area contributed by atoms with E-state index in [1.165, 1.54) is 11.3 Å². The van der Waals surface area contributed by atoms with Gasteiger partial charge in [-0.1, -0.05) is 18.5 Å². The van der Waals surface area contributed by atoms with Gasteiger partial charge in [-0.3, -0.25) is 9.48 Å². The zero-order valence-electron chi connectivity index (χ0n) is 10.7. The fourth-order valence-electron chi connectivity index (χ4n) is 1.91. The van der Waals surface area contributed by atoms with Crippen LogP contribution in [-0.4, -0.2) is 15.6 Å². The molecule has 3 nitrogen and oxygen atoms in total. The van der Waals surface area contributed by atoms with E-state index < -0.39 is 0 Å². The average Bonchev–Trinajstić information content (AvgIpc) is 2.95. The quantitative estimate of drug-likeness (QED) is 0.741. The molecule has 0 amide bonds. The van der Waals surface area contributed by atoms with Crippen molar-refractivity contribution in [3.63, 3.8) is 0 Å². The number of hydrogen-bond acceptors (Lipinski definition) is 3. The first-order valence-corrected chi connectivity index (χ1v) is 8.13. The first-order valence-electron chi connectivity index (χ1n) is 6.08. The molecule has 0 spiro atoms. The van der Waals surface area contributed by atoms with E-state index in [-0.39, 0.29) is 5.78 Å². The van der Waals surface area contributed by atoms with Crippen LogP contribution in [0.1, 0.15) is 34.9 Å². The number of carbonyl (C=O) groups is 1. The van der Waals surface area contributed by atoms with Crippen LogP contribution >= 0.6 is 38.9 Å². The van der Waals surface area contributed by atoms with Crippen molar-refractivity contribution in [2.24, 2.45) is 0 Å². The molecule has 0 aliphatic rings. The zero-order chi connectivity index (χ0) is 14.0. The standard InChI is InChI=1S/C13H14BrClN2OS/c1-3-9-12(14)10(17(4-2)16-9)7-11(18)13-8(15)5-6-19-13/h5-6H,3-4,7H2,1-2H3. The largest absolute Gasteiger partial charge is 0.293 e. The number of ketones is 1. The molecule has 0 saturated carbocycles. The topological polar surface area (TPSA) is 34.9 Å². The van der Waals surface area contributed by atoms with E-state index in [1.807, 2.05) is 17.0 Å². The van der Waals surface area contributed by atoms with Crippen LogP contribution in [0.3, 0.4) is 0 Å². The van der Waals surface area contributed by atoms with Crippen LogP contribution < -0.4 is 0 Å². The van der Waals surface area contributed by atoms with E-state index in [0.29, 0.717) is 16.3 Å². The van der Waals surface area contributed by atoms with E-state index >= 15 is 0 Å². The molecule has 2 heterocycles. The summed E-state index contributed by atoms with van der Waals surface area (Å²) in [7, 11) is 0. The molecule has 19 heavy (non-hydrogen) atoms. The normalized spacial score (nSPS) is 10.9. The summed E-state index contributed by atoms with van der Waals surface area (Å²) in [5, 5.41) is 6.86. The minimum absolute atomic E-state index is 0.0398. The van der Waals surface area contributed by atoms with Gasteiger partial charge in [-0.25, -0.2) is 0 Å². The molecule has 0 saturated heterocycles. The maximum atomic E-state index is 12.3. The van der Waals surface area contributed by atoms with Crippen molar-refractivity contribution < 1.29 is 4.79 Å². The van der Waals surface area contributed by atoms with Crippen LogP contribution in [-0.2, 0) is 19.4 Å². The molecule has 0 atom stereocenters. The average molecular weight is 362 g/mol. The lowest BCUT2D eigenvalue weighted by atomic mass is 10.1. The first kappa shape index (κ1) is 14.8. The van der Waals surface area contributed by atoms with Crippen LogP contribution in [0.15, 0.2) is 15.9 Å². The van der Waals surface area contributed by atoms with Crippen molar-refractivity contribution in [2.45, 2.75) is 33.2 Å². The molecule has 0 N–H and O–H groups in total. The second-order valence-electron chi connectivity index (χ2n) is 4.07. The van der Waals surface area contributed by atoms with Crippen molar-refractivity contribution in [3.8, 4) is 0 Å². The van der Waals surface area contributed by atoms with Gasteiger partial charge in [-0.2, -0.15) is 5.10 Å². The second kappa shape index (κ2) is 6.20. The molecule has 2 aromatic heterocycles. The van der Waals surface area contributed by atoms with Gasteiger partial charge in [0.2, 0.25) is 0 Å². The van der Waals surface area contributed by atoms with Gasteiger partial charge in [0, 0.05) is 6.54 Å². The van der Waals surface area contributed by atoms with Gasteiger partial charge in [-0.15, -0.1) is 11.3 Å². The van der Waals surface area contributed by atoms with Crippen molar-refractivity contribution in [3.05, 3.63) is 37.2 Å². The van der Waals surface area contributed by atoms with E-state index in [1.54, 1.807) is 6.07 Å². The maximum Gasteiger partial charge on any atom is 0.180 e. The molecular formula is C13H14BrClN2OS. The van der Waals surface area contributed by atoms with E-state index in [4.69, 9.17) is 11.6 Å². The van der Waals surface area contributed by atoms with Gasteiger partial charge >= 0.3 is 0 Å². The number of Topliss-reactive ketones (excluding diaryl/α,β-unsaturated/α-hetero) is 1. The Balaban J connectivity index is 2.31. The Morgan fingerprint density at radius 1 is 1.53 bits per heavy atom. The molecule has 2 aromatic rings. The fraction of sp³-hybridized carbons (Fsp3) is 0.385. The summed E-state index contributed by atoms with van der Waals surface area (Å²) in [4.78, 5) is 12.9. The summed E-state index contributed by atoms with van der Waals surface area (Å²) in [6.07, 6.45) is 1.16. The van der Waals surface area contributed by atoms with Gasteiger partial charge in [0.1, 0.15) is 0 Å². The lowest BCUT2D eigenvalue weighted by Crippen LogP contribution is -2.09. The third-order valence-electron chi connectivity index (χ3n) is 2.89. The smallest absolute Gasteiger partial charge is 0.180 e. The Morgan fingerprint density at radius 2 is 2.26 bits per heavy atom. The summed E-state index contributed by atoms with van der Waals surface area (Å²) >= 11 is 10.9. The summed E-state index contributed by atoms with van der Waals surface area (Å²) < 4.78 is 2.82. The number of hydrogen-bond donors (Lipinski definition) is 0. The SMILES string of the molecule is CCc1nn(CC)c(CC(=O)c2sccc2Cl)c1Br. The molecule has 0 aromatic carbocycles. The number of halogens is 2. The lowest BCUT2D eigenvalue weighted by molar-refractivity contribution is 0.0994. The van der Waals surface area contributed by atoms with Gasteiger partial charge in [0.05, 0.1) is 32.2 Å². The Hall–Kier alpha value is -0.650. The second-order valence-corrected chi connectivity index (χ2v) is 6.19. The first-order chi connectivity index (χ1) is 9.08. The van der Waals surface area contributed by atoms with E-state index in [2.05, 4.69) is 28.0 Å². The van der Waals surface area contributed by atoms with Crippen molar-refractivity contribution in [2.75, 3.05) is 0 Å². The number of aromatic nitrogens is 2. The van der Waals surface area contributed by atoms with Crippen molar-refractivity contribution in [1.82, 2.24) is 9.78 Å². The number of carbonyl (C=O) groups excluding carboxylic acids is 1. The van der Waals surface area contributed by atoms with Crippen LogP contribution in [0.5, 0.6) is 0 Å². The molecule has 0 aliphatic carbocycles. The number of nitrogens with zero attached hydrogens (tertiary/aromatic N) is 2. The van der Waals surface area contributed by atoms with Crippen molar-refractivity contribution >= 4 is 44.7 Å². The number of rotatable bonds is 5. The van der Waals surface area contributed by atoms with Gasteiger partial charge in [0.15, 0.2) is 5.78 Å². The summed E-state index contributed by atoms with van der Waals surface area (Å²) in [5.74, 6) is 0.0398. The minimum Gasteiger partial charge on any atom is -0.293 e. The van der Waals surface area contributed by atoms with Crippen LogP contribution in [0.2, 0.25) is 5.02 Å². The third-order valence-corrected chi connectivity index (χ3v) is 5.19. The maximum absolute atomic E-state index is 12.3. The third kappa shape index (κ3) is 2.93. The van der Waals surface area contributed by atoms with Crippen molar-refractivity contribution in [1.29, 1.82) is 0 Å². The number of aryl methyl sites for hydroxylation is 2. The molecule has 0 aliphatic heterocycles. The van der Waals surface area contributed by atoms with E-state index in [0.717, 1.165) is 28.8 Å². The molecule has 102 valence electrons. The highest BCUT2D eigenvalue weighted by Crippen LogP contribution is 2.27. The summed E-state index contributed by atoms with van der Waals surface area (Å²) in [6, 6.07) is 1.75. The van der Waals surface area contributed by atoms with Gasteiger partial charge < -0.3 is 0 Å². The molecule has 0 radical (unpaired) electrons. The Morgan fingerprint density at radius 3 is 2.79 bits per heavy atom. The summed E-state index contributed by atoms with van der Waals surface area (Å²) in [6.45, 7) is 4.82. The summed E-state index contributed by atoms with van der Waals surface area (Å²) in [5.41, 5.74) is 1.91. The Labute approximate surface area is 129 Å². The minimum atomic E-state index is 0.0398. The zero-order valence-corrected chi connectivity index (χ0v) is 13.9. The molecule has 0 fully saturated rings. The van der Waals surface area contributed by atoms with Gasteiger partial charge in [0.25, 0.3) is 0 Å². The Kier molecular flexibility index (Phi) is 4.81. The monoisotopic (exact) mass is 360 g/mol. The van der Waals surface area contributed by atoms with Crippen LogP contribution in [0.4, 0.5) is 0 Å². The molecule has 6 heteroatoms. The van der Waals surface area contributed by atoms with Crippen LogP contribution in [0, 0.1) is 0 Å².